The average Bonchev–Trinajstić information content (AvgIpc) is 2.77. The molecule has 0 aliphatic heterocycles. The average molecular weight is 503 g/mol. The zero-order chi connectivity index (χ0) is 26.2. The maximum absolute atomic E-state index is 12.7. The number of sulfone groups is 1. The van der Waals surface area contributed by atoms with Gasteiger partial charge >= 0.3 is 11.9 Å². The van der Waals surface area contributed by atoms with E-state index in [1.807, 2.05) is 52.0 Å². The van der Waals surface area contributed by atoms with E-state index in [1.54, 1.807) is 24.3 Å². The SMILES string of the molecule is CCCC[C@@H](C[C@@H](CCc1ccc(-c2ccc(S(C)(=O)=O)cc2)cc1)C(=O)O)C(=O)OC(C)(C)C. The van der Waals surface area contributed by atoms with Crippen molar-refractivity contribution < 1.29 is 27.9 Å². The number of ether oxygens (including phenoxy) is 1. The second-order valence-corrected chi connectivity index (χ2v) is 12.2. The van der Waals surface area contributed by atoms with Gasteiger partial charge in [0.15, 0.2) is 9.84 Å². The van der Waals surface area contributed by atoms with Crippen molar-refractivity contribution in [2.75, 3.05) is 6.26 Å². The number of carboxylic acid groups (broad SMARTS) is 1. The number of hydrogen-bond donors (Lipinski definition) is 1. The highest BCUT2D eigenvalue weighted by Gasteiger charge is 2.30. The lowest BCUT2D eigenvalue weighted by Crippen LogP contribution is -2.31. The van der Waals surface area contributed by atoms with Gasteiger partial charge in [0.25, 0.3) is 0 Å². The molecular weight excluding hydrogens is 464 g/mol. The molecule has 2 atom stereocenters. The summed E-state index contributed by atoms with van der Waals surface area (Å²) in [5, 5.41) is 9.82. The topological polar surface area (TPSA) is 97.7 Å². The first-order valence-corrected chi connectivity index (χ1v) is 14.0. The van der Waals surface area contributed by atoms with E-state index in [4.69, 9.17) is 4.74 Å². The molecule has 0 heterocycles. The molecule has 0 aliphatic carbocycles. The number of unbranched alkanes of at least 4 members (excludes halogenated alkanes) is 1. The van der Waals surface area contributed by atoms with Crippen LogP contribution in [0, 0.1) is 11.8 Å². The monoisotopic (exact) mass is 502 g/mol. The van der Waals surface area contributed by atoms with Gasteiger partial charge in [0.05, 0.1) is 16.7 Å². The number of aliphatic carboxylic acids is 1. The Morgan fingerprint density at radius 3 is 1.91 bits per heavy atom. The first-order valence-electron chi connectivity index (χ1n) is 12.1. The number of hydrogen-bond acceptors (Lipinski definition) is 5. The van der Waals surface area contributed by atoms with Gasteiger partial charge in [0.1, 0.15) is 5.60 Å². The summed E-state index contributed by atoms with van der Waals surface area (Å²) in [6.07, 6.45) is 4.88. The second-order valence-electron chi connectivity index (χ2n) is 10.2. The first kappa shape index (κ1) is 28.6. The van der Waals surface area contributed by atoms with Gasteiger partial charge in [-0.25, -0.2) is 8.42 Å². The molecule has 7 heteroatoms. The summed E-state index contributed by atoms with van der Waals surface area (Å²) in [6.45, 7) is 7.51. The van der Waals surface area contributed by atoms with Gasteiger partial charge in [-0.3, -0.25) is 9.59 Å². The van der Waals surface area contributed by atoms with Crippen LogP contribution in [0.1, 0.15) is 65.4 Å². The number of carbonyl (C=O) groups excluding carboxylic acids is 1. The molecule has 0 aliphatic rings. The van der Waals surface area contributed by atoms with E-state index < -0.39 is 33.2 Å². The van der Waals surface area contributed by atoms with E-state index >= 15 is 0 Å². The van der Waals surface area contributed by atoms with Crippen LogP contribution in [0.4, 0.5) is 0 Å². The van der Waals surface area contributed by atoms with E-state index in [1.165, 1.54) is 6.26 Å². The van der Waals surface area contributed by atoms with Crippen LogP contribution in [0.5, 0.6) is 0 Å². The quantitative estimate of drug-likeness (QED) is 0.361. The minimum absolute atomic E-state index is 0.273. The fourth-order valence-corrected chi connectivity index (χ4v) is 4.58. The van der Waals surface area contributed by atoms with E-state index in [9.17, 15) is 23.1 Å². The highest BCUT2D eigenvalue weighted by Crippen LogP contribution is 2.27. The van der Waals surface area contributed by atoms with Gasteiger partial charge in [0, 0.05) is 6.26 Å². The molecule has 0 fully saturated rings. The number of esters is 1. The smallest absolute Gasteiger partial charge is 0.309 e. The molecule has 1 N–H and O–H groups in total. The Bertz CT molecular complexity index is 1080. The molecule has 2 aromatic rings. The molecule has 0 saturated heterocycles. The van der Waals surface area contributed by atoms with Crippen molar-refractivity contribution in [1.82, 2.24) is 0 Å². The second kappa shape index (κ2) is 12.3. The molecular formula is C28H38O6S. The molecule has 2 aromatic carbocycles. The number of rotatable bonds is 12. The maximum Gasteiger partial charge on any atom is 0.309 e. The third-order valence-corrected chi connectivity index (χ3v) is 7.04. The van der Waals surface area contributed by atoms with Crippen LogP contribution < -0.4 is 0 Å². The number of carboxylic acids is 1. The number of aryl methyl sites for hydroxylation is 1. The van der Waals surface area contributed by atoms with E-state index in [0.29, 0.717) is 19.3 Å². The lowest BCUT2D eigenvalue weighted by molar-refractivity contribution is -0.161. The van der Waals surface area contributed by atoms with Crippen molar-refractivity contribution >= 4 is 21.8 Å². The Kier molecular flexibility index (Phi) is 10.1. The van der Waals surface area contributed by atoms with Crippen molar-refractivity contribution in [3.8, 4) is 11.1 Å². The molecule has 2 rings (SSSR count). The normalized spacial score (nSPS) is 13.7. The van der Waals surface area contributed by atoms with Crippen molar-refractivity contribution in [3.63, 3.8) is 0 Å². The highest BCUT2D eigenvalue weighted by atomic mass is 32.2. The van der Waals surface area contributed by atoms with Gasteiger partial charge in [-0.1, -0.05) is 56.2 Å². The van der Waals surface area contributed by atoms with Crippen LogP contribution in [-0.2, 0) is 30.6 Å². The van der Waals surface area contributed by atoms with Gasteiger partial charge in [0.2, 0.25) is 0 Å². The molecule has 0 spiro atoms. The maximum atomic E-state index is 12.7. The van der Waals surface area contributed by atoms with Crippen molar-refractivity contribution in [1.29, 1.82) is 0 Å². The van der Waals surface area contributed by atoms with Gasteiger partial charge in [-0.15, -0.1) is 0 Å². The van der Waals surface area contributed by atoms with Crippen molar-refractivity contribution in [3.05, 3.63) is 54.1 Å². The molecule has 35 heavy (non-hydrogen) atoms. The number of benzene rings is 2. The van der Waals surface area contributed by atoms with Gasteiger partial charge < -0.3 is 9.84 Å². The summed E-state index contributed by atoms with van der Waals surface area (Å²) >= 11 is 0. The predicted molar refractivity (Wildman–Crippen MR) is 138 cm³/mol. The summed E-state index contributed by atoms with van der Waals surface area (Å²) < 4.78 is 28.9. The molecule has 0 saturated carbocycles. The lowest BCUT2D eigenvalue weighted by Gasteiger charge is -2.25. The Morgan fingerprint density at radius 2 is 1.46 bits per heavy atom. The fraction of sp³-hybridized carbons (Fsp3) is 0.500. The lowest BCUT2D eigenvalue weighted by atomic mass is 9.87. The molecule has 0 amide bonds. The molecule has 0 bridgehead atoms. The zero-order valence-electron chi connectivity index (χ0n) is 21.4. The summed E-state index contributed by atoms with van der Waals surface area (Å²) in [5.41, 5.74) is 2.26. The highest BCUT2D eigenvalue weighted by molar-refractivity contribution is 7.90. The summed E-state index contributed by atoms with van der Waals surface area (Å²) in [7, 11) is -3.24. The predicted octanol–water partition coefficient (Wildman–Crippen LogP) is 5.93. The van der Waals surface area contributed by atoms with Crippen molar-refractivity contribution in [2.45, 2.75) is 76.7 Å². The Balaban J connectivity index is 2.05. The van der Waals surface area contributed by atoms with Crippen LogP contribution in [0.25, 0.3) is 11.1 Å². The third-order valence-electron chi connectivity index (χ3n) is 5.92. The first-order chi connectivity index (χ1) is 16.3. The van der Waals surface area contributed by atoms with Crippen LogP contribution in [0.3, 0.4) is 0 Å². The van der Waals surface area contributed by atoms with Crippen LogP contribution in [0.15, 0.2) is 53.4 Å². The molecule has 0 aromatic heterocycles. The third kappa shape index (κ3) is 9.48. The fourth-order valence-electron chi connectivity index (χ4n) is 3.95. The minimum atomic E-state index is -3.24. The van der Waals surface area contributed by atoms with Crippen LogP contribution >= 0.6 is 0 Å². The van der Waals surface area contributed by atoms with E-state index in [2.05, 4.69) is 0 Å². The summed E-state index contributed by atoms with van der Waals surface area (Å²) in [6, 6.07) is 14.6. The standard InChI is InChI=1S/C28H38O6S/c1-6-7-8-24(27(31)34-28(2,3)4)19-23(26(29)30)14-11-20-9-12-21(13-10-20)22-15-17-25(18-16-22)35(5,32)33/h9-10,12-13,15-18,23-24H,6-8,11,14,19H2,1-5H3,(H,29,30)/t23-,24+/m1/s1. The molecule has 6 nitrogen and oxygen atoms in total. The van der Waals surface area contributed by atoms with Gasteiger partial charge in [-0.05, 0) is 75.3 Å². The molecule has 0 radical (unpaired) electrons. The van der Waals surface area contributed by atoms with E-state index in [0.717, 1.165) is 29.5 Å². The summed E-state index contributed by atoms with van der Waals surface area (Å²) in [5.74, 6) is -2.26. The number of carbonyl (C=O) groups is 2. The van der Waals surface area contributed by atoms with E-state index in [-0.39, 0.29) is 17.3 Å². The Morgan fingerprint density at radius 1 is 0.914 bits per heavy atom. The Hall–Kier alpha value is -2.67. The molecule has 0 unspecified atom stereocenters. The van der Waals surface area contributed by atoms with Crippen LogP contribution in [0.2, 0.25) is 0 Å². The summed E-state index contributed by atoms with van der Waals surface area (Å²) in [4.78, 5) is 25.0. The zero-order valence-corrected chi connectivity index (χ0v) is 22.2. The minimum Gasteiger partial charge on any atom is -0.481 e. The van der Waals surface area contributed by atoms with Crippen LogP contribution in [-0.4, -0.2) is 37.3 Å². The molecule has 192 valence electrons. The Labute approximate surface area is 209 Å². The largest absolute Gasteiger partial charge is 0.481 e. The van der Waals surface area contributed by atoms with Crippen molar-refractivity contribution in [2.24, 2.45) is 11.8 Å². The van der Waals surface area contributed by atoms with Gasteiger partial charge in [-0.2, -0.15) is 0 Å².